The number of hydrogen-bond donors (Lipinski definition) is 0. The quantitative estimate of drug-likeness (QED) is 0.588. The fourth-order valence-electron chi connectivity index (χ4n) is 2.39. The lowest BCUT2D eigenvalue weighted by Gasteiger charge is -2.19. The lowest BCUT2D eigenvalue weighted by atomic mass is 10.0. The number of aliphatic imine (C=N–C) groups is 1. The van der Waals surface area contributed by atoms with Gasteiger partial charge in [0.15, 0.2) is 11.5 Å². The van der Waals surface area contributed by atoms with Gasteiger partial charge in [0.1, 0.15) is 5.54 Å². The van der Waals surface area contributed by atoms with Gasteiger partial charge in [0, 0.05) is 10.0 Å². The third kappa shape index (κ3) is 2.48. The van der Waals surface area contributed by atoms with Crippen LogP contribution in [0.3, 0.4) is 0 Å². The predicted molar refractivity (Wildman–Crippen MR) is 77.9 cm³/mol. The average Bonchev–Trinajstić information content (AvgIpc) is 3.32. The molecule has 2 aliphatic rings. The van der Waals surface area contributed by atoms with E-state index in [1.165, 1.54) is 12.8 Å². The molecule has 2 aliphatic carbocycles. The van der Waals surface area contributed by atoms with E-state index in [0.717, 1.165) is 22.9 Å². The highest BCUT2D eigenvalue weighted by Crippen LogP contribution is 2.56. The number of carbonyl (C=O) groups excluding carboxylic acids is 1. The normalized spacial score (nSPS) is 19.1. The first-order chi connectivity index (χ1) is 9.70. The Morgan fingerprint density at radius 3 is 2.75 bits per heavy atom. The van der Waals surface area contributed by atoms with Crippen LogP contribution in [0.2, 0.25) is 0 Å². The van der Waals surface area contributed by atoms with E-state index in [1.807, 2.05) is 12.1 Å². The molecule has 0 atom stereocenters. The number of hydrogen-bond acceptors (Lipinski definition) is 4. The Kier molecular flexibility index (Phi) is 3.57. The summed E-state index contributed by atoms with van der Waals surface area (Å²) in [4.78, 5) is 14.7. The molecule has 1 aromatic carbocycles. The van der Waals surface area contributed by atoms with Crippen molar-refractivity contribution in [1.29, 1.82) is 0 Å². The molecule has 0 spiro atoms. The molecule has 2 fully saturated rings. The second-order valence-electron chi connectivity index (χ2n) is 5.44. The molecule has 2 saturated carbocycles. The molecule has 0 N–H and O–H groups in total. The minimum Gasteiger partial charge on any atom is -0.493 e. The van der Waals surface area contributed by atoms with Crippen LogP contribution in [0.1, 0.15) is 31.2 Å². The highest BCUT2D eigenvalue weighted by Gasteiger charge is 2.49. The van der Waals surface area contributed by atoms with E-state index < -0.39 is 5.54 Å². The van der Waals surface area contributed by atoms with Crippen LogP contribution >= 0.6 is 15.9 Å². The summed E-state index contributed by atoms with van der Waals surface area (Å²) in [5.74, 6) is 2.05. The van der Waals surface area contributed by atoms with Crippen molar-refractivity contribution in [3.63, 3.8) is 0 Å². The second-order valence-corrected chi connectivity index (χ2v) is 6.30. The Morgan fingerprint density at radius 1 is 1.45 bits per heavy atom. The first kappa shape index (κ1) is 13.7. The van der Waals surface area contributed by atoms with Crippen LogP contribution in [0.25, 0.3) is 0 Å². The molecule has 0 aromatic heterocycles. The van der Waals surface area contributed by atoms with Gasteiger partial charge in [-0.1, -0.05) is 15.9 Å². The van der Waals surface area contributed by atoms with E-state index in [2.05, 4.69) is 20.9 Å². The largest absolute Gasteiger partial charge is 0.493 e. The number of methoxy groups -OCH3 is 1. The zero-order chi connectivity index (χ0) is 14.2. The SMILES string of the molecule is COc1ccc(Br)c(C2(N=C=O)CC2)c1OCC1CC1. The van der Waals surface area contributed by atoms with Crippen molar-refractivity contribution in [2.75, 3.05) is 13.7 Å². The lowest BCUT2D eigenvalue weighted by Crippen LogP contribution is -2.10. The van der Waals surface area contributed by atoms with Gasteiger partial charge in [-0.05, 0) is 43.7 Å². The average molecular weight is 338 g/mol. The Labute approximate surface area is 126 Å². The molecule has 0 heterocycles. The minimum atomic E-state index is -0.478. The standard InChI is InChI=1S/C15H16BrNO3/c1-19-12-5-4-11(16)13(15(6-7-15)17-9-18)14(12)20-8-10-2-3-10/h4-5,10H,2-3,6-8H2,1H3. The van der Waals surface area contributed by atoms with E-state index in [9.17, 15) is 4.79 Å². The first-order valence-corrected chi connectivity index (χ1v) is 7.58. The summed E-state index contributed by atoms with van der Waals surface area (Å²) in [5, 5.41) is 0. The predicted octanol–water partition coefficient (Wildman–Crippen LogP) is 3.57. The van der Waals surface area contributed by atoms with Crippen LogP contribution in [-0.2, 0) is 10.3 Å². The number of nitrogens with zero attached hydrogens (tertiary/aromatic N) is 1. The molecule has 3 rings (SSSR count). The molecule has 0 radical (unpaired) electrons. The summed E-state index contributed by atoms with van der Waals surface area (Å²) in [6.07, 6.45) is 5.83. The van der Waals surface area contributed by atoms with Crippen molar-refractivity contribution >= 4 is 22.0 Å². The minimum absolute atomic E-state index is 0.478. The topological polar surface area (TPSA) is 47.9 Å². The van der Waals surface area contributed by atoms with E-state index >= 15 is 0 Å². The maximum atomic E-state index is 10.7. The highest BCUT2D eigenvalue weighted by molar-refractivity contribution is 9.10. The summed E-state index contributed by atoms with van der Waals surface area (Å²) in [6.45, 7) is 0.695. The number of halogens is 1. The number of ether oxygens (including phenoxy) is 2. The Hall–Kier alpha value is -1.32. The van der Waals surface area contributed by atoms with Gasteiger partial charge in [-0.3, -0.25) is 0 Å². The van der Waals surface area contributed by atoms with Crippen molar-refractivity contribution in [3.8, 4) is 11.5 Å². The van der Waals surface area contributed by atoms with Gasteiger partial charge in [0.25, 0.3) is 0 Å². The van der Waals surface area contributed by atoms with Gasteiger partial charge < -0.3 is 9.47 Å². The molecule has 1 aromatic rings. The van der Waals surface area contributed by atoms with Crippen molar-refractivity contribution in [2.24, 2.45) is 10.9 Å². The van der Waals surface area contributed by atoms with Crippen molar-refractivity contribution in [1.82, 2.24) is 0 Å². The molecule has 20 heavy (non-hydrogen) atoms. The summed E-state index contributed by atoms with van der Waals surface area (Å²) in [5.41, 5.74) is 0.439. The summed E-state index contributed by atoms with van der Waals surface area (Å²) in [6, 6.07) is 3.79. The van der Waals surface area contributed by atoms with Crippen molar-refractivity contribution < 1.29 is 14.3 Å². The summed E-state index contributed by atoms with van der Waals surface area (Å²) >= 11 is 3.55. The Balaban J connectivity index is 2.02. The third-order valence-electron chi connectivity index (χ3n) is 3.90. The molecular weight excluding hydrogens is 322 g/mol. The Bertz CT molecular complexity index is 573. The van der Waals surface area contributed by atoms with Gasteiger partial charge in [-0.25, -0.2) is 4.79 Å². The maximum Gasteiger partial charge on any atom is 0.235 e. The van der Waals surface area contributed by atoms with Gasteiger partial charge in [-0.2, -0.15) is 4.99 Å². The van der Waals surface area contributed by atoms with E-state index in [1.54, 1.807) is 13.2 Å². The van der Waals surface area contributed by atoms with Crippen LogP contribution in [-0.4, -0.2) is 19.8 Å². The van der Waals surface area contributed by atoms with Crippen LogP contribution in [0.5, 0.6) is 11.5 Å². The van der Waals surface area contributed by atoms with Gasteiger partial charge in [-0.15, -0.1) is 0 Å². The van der Waals surface area contributed by atoms with E-state index in [4.69, 9.17) is 9.47 Å². The Morgan fingerprint density at radius 2 is 2.20 bits per heavy atom. The molecule has 106 valence electrons. The number of rotatable bonds is 6. The first-order valence-electron chi connectivity index (χ1n) is 6.79. The van der Waals surface area contributed by atoms with E-state index in [-0.39, 0.29) is 0 Å². The molecule has 0 aliphatic heterocycles. The molecule has 0 unspecified atom stereocenters. The second kappa shape index (κ2) is 5.23. The highest BCUT2D eigenvalue weighted by atomic mass is 79.9. The maximum absolute atomic E-state index is 10.7. The summed E-state index contributed by atoms with van der Waals surface area (Å²) in [7, 11) is 1.62. The van der Waals surface area contributed by atoms with Crippen LogP contribution in [0.4, 0.5) is 0 Å². The molecule has 0 saturated heterocycles. The summed E-state index contributed by atoms with van der Waals surface area (Å²) < 4.78 is 12.3. The van der Waals surface area contributed by atoms with Gasteiger partial charge >= 0.3 is 0 Å². The van der Waals surface area contributed by atoms with Gasteiger partial charge in [0.2, 0.25) is 6.08 Å². The monoisotopic (exact) mass is 337 g/mol. The third-order valence-corrected chi connectivity index (χ3v) is 4.56. The van der Waals surface area contributed by atoms with Crippen LogP contribution in [0, 0.1) is 5.92 Å². The lowest BCUT2D eigenvalue weighted by molar-refractivity contribution is 0.275. The van der Waals surface area contributed by atoms with Gasteiger partial charge in [0.05, 0.1) is 13.7 Å². The smallest absolute Gasteiger partial charge is 0.235 e. The molecule has 5 heteroatoms. The molecule has 0 amide bonds. The van der Waals surface area contributed by atoms with Crippen molar-refractivity contribution in [2.45, 2.75) is 31.2 Å². The molecule has 4 nitrogen and oxygen atoms in total. The number of benzene rings is 1. The zero-order valence-electron chi connectivity index (χ0n) is 11.3. The fourth-order valence-corrected chi connectivity index (χ4v) is 3.07. The molecular formula is C15H16BrNO3. The van der Waals surface area contributed by atoms with Crippen LogP contribution < -0.4 is 9.47 Å². The van der Waals surface area contributed by atoms with Crippen LogP contribution in [0.15, 0.2) is 21.6 Å². The van der Waals surface area contributed by atoms with E-state index in [0.29, 0.717) is 24.0 Å². The van der Waals surface area contributed by atoms with Crippen molar-refractivity contribution in [3.05, 3.63) is 22.2 Å². The zero-order valence-corrected chi connectivity index (χ0v) is 12.9. The fraction of sp³-hybridized carbons (Fsp3) is 0.533. The number of isocyanates is 1. The molecule has 0 bridgehead atoms.